The summed E-state index contributed by atoms with van der Waals surface area (Å²) in [5.74, 6) is -0.789. The van der Waals surface area contributed by atoms with Crippen LogP contribution < -0.4 is 0 Å². The number of phosphoric ester groups is 2. The second kappa shape index (κ2) is 50.1. The maximum atomic E-state index is 12.9. The number of hydrogen-bond donors (Lipinski definition) is 3. The van der Waals surface area contributed by atoms with Crippen molar-refractivity contribution in [2.75, 3.05) is 39.6 Å². The van der Waals surface area contributed by atoms with Gasteiger partial charge in [-0.3, -0.25) is 37.3 Å². The van der Waals surface area contributed by atoms with E-state index < -0.39 is 97.5 Å². The highest BCUT2D eigenvalue weighted by molar-refractivity contribution is 7.47. The van der Waals surface area contributed by atoms with Gasteiger partial charge in [0, 0.05) is 25.7 Å². The molecule has 0 aliphatic rings. The van der Waals surface area contributed by atoms with E-state index in [2.05, 4.69) is 41.5 Å². The van der Waals surface area contributed by atoms with Gasteiger partial charge in [-0.15, -0.1) is 0 Å². The second-order valence-electron chi connectivity index (χ2n) is 21.6. The van der Waals surface area contributed by atoms with E-state index >= 15 is 0 Å². The van der Waals surface area contributed by atoms with Crippen molar-refractivity contribution in [2.45, 2.75) is 291 Å². The van der Waals surface area contributed by atoms with Crippen LogP contribution in [0.5, 0.6) is 0 Å². The van der Waals surface area contributed by atoms with Crippen molar-refractivity contribution < 1.29 is 80.2 Å². The summed E-state index contributed by atoms with van der Waals surface area (Å²) in [6, 6.07) is 0. The molecule has 3 N–H and O–H groups in total. The molecule has 0 aliphatic heterocycles. The van der Waals surface area contributed by atoms with E-state index in [0.29, 0.717) is 37.5 Å². The zero-order chi connectivity index (χ0) is 56.6. The normalized spacial score (nSPS) is 14.5. The fraction of sp³-hybridized carbons (Fsp3) is 0.930. The highest BCUT2D eigenvalue weighted by Gasteiger charge is 2.30. The molecule has 0 aliphatic carbocycles. The van der Waals surface area contributed by atoms with Crippen LogP contribution in [-0.4, -0.2) is 96.7 Å². The average Bonchev–Trinajstić information content (AvgIpc) is 3.37. The van der Waals surface area contributed by atoms with Crippen molar-refractivity contribution in [3.63, 3.8) is 0 Å². The SMILES string of the molecule is CCCCCCCCCCCCC(=O)OC[C@H](COP(=O)(O)OC[C@@H](O)COP(=O)(O)OC[C@@H](COC(=O)CCCCCCCCC)OC(=O)CCCCCCCCC(C)C)OC(=O)CCCCCCCCCC(C)C. The number of ether oxygens (including phenoxy) is 4. The third-order valence-electron chi connectivity index (χ3n) is 13.0. The Balaban J connectivity index is 5.22. The van der Waals surface area contributed by atoms with E-state index in [4.69, 9.17) is 37.0 Å². The standard InChI is InChI=1S/C57H110O17P2/c1-7-9-11-13-15-16-17-21-28-34-40-55(60)68-46-52(73-56(61)41-35-29-22-18-20-25-31-37-49(3)4)47-71-75(63,64)69-43-51(58)44-70-76(65,66)72-48-53(45-67-54(59)39-33-27-19-14-12-10-8-2)74-57(62)42-36-30-24-23-26-32-38-50(5)6/h49-53,58H,7-48H2,1-6H3,(H,63,64)(H,65,66)/t51-,52-,53-/m1/s1. The van der Waals surface area contributed by atoms with Crippen molar-refractivity contribution in [3.05, 3.63) is 0 Å². The molecule has 450 valence electrons. The number of aliphatic hydroxyl groups is 1. The fourth-order valence-electron chi connectivity index (χ4n) is 8.29. The van der Waals surface area contributed by atoms with Crippen LogP contribution >= 0.6 is 15.6 Å². The number of carbonyl (C=O) groups excluding carboxylic acids is 4. The molecule has 0 aromatic heterocycles. The van der Waals surface area contributed by atoms with Crippen LogP contribution in [-0.2, 0) is 65.4 Å². The van der Waals surface area contributed by atoms with Gasteiger partial charge in [-0.25, -0.2) is 9.13 Å². The molecule has 0 rings (SSSR count). The maximum Gasteiger partial charge on any atom is 0.472 e. The Morgan fingerprint density at radius 1 is 0.355 bits per heavy atom. The molecule has 0 heterocycles. The molecule has 0 spiro atoms. The first-order chi connectivity index (χ1) is 36.4. The minimum absolute atomic E-state index is 0.101. The summed E-state index contributed by atoms with van der Waals surface area (Å²) < 4.78 is 67.5. The van der Waals surface area contributed by atoms with E-state index in [1.54, 1.807) is 0 Å². The van der Waals surface area contributed by atoms with Gasteiger partial charge in [0.15, 0.2) is 12.2 Å². The van der Waals surface area contributed by atoms with Crippen molar-refractivity contribution in [1.82, 2.24) is 0 Å². The first-order valence-corrected chi connectivity index (χ1v) is 33.0. The number of hydrogen-bond acceptors (Lipinski definition) is 15. The van der Waals surface area contributed by atoms with Crippen molar-refractivity contribution in [1.29, 1.82) is 0 Å². The van der Waals surface area contributed by atoms with Crippen LogP contribution in [0.15, 0.2) is 0 Å². The molecule has 0 aromatic rings. The lowest BCUT2D eigenvalue weighted by molar-refractivity contribution is -0.161. The van der Waals surface area contributed by atoms with Gasteiger partial charge in [0.05, 0.1) is 26.4 Å². The smallest absolute Gasteiger partial charge is 0.462 e. The quantitative estimate of drug-likeness (QED) is 0.0222. The zero-order valence-corrected chi connectivity index (χ0v) is 50.3. The maximum absolute atomic E-state index is 12.9. The summed E-state index contributed by atoms with van der Waals surface area (Å²) in [7, 11) is -9.87. The van der Waals surface area contributed by atoms with Gasteiger partial charge in [-0.05, 0) is 37.5 Å². The molecule has 2 unspecified atom stereocenters. The Morgan fingerprint density at radius 2 is 0.605 bits per heavy atom. The third-order valence-corrected chi connectivity index (χ3v) is 14.9. The summed E-state index contributed by atoms with van der Waals surface area (Å²) >= 11 is 0. The number of phosphoric acid groups is 2. The molecule has 76 heavy (non-hydrogen) atoms. The molecule has 0 saturated carbocycles. The Hall–Kier alpha value is -1.94. The Morgan fingerprint density at radius 3 is 0.895 bits per heavy atom. The second-order valence-corrected chi connectivity index (χ2v) is 24.5. The highest BCUT2D eigenvalue weighted by Crippen LogP contribution is 2.45. The van der Waals surface area contributed by atoms with Crippen LogP contribution in [0.25, 0.3) is 0 Å². The predicted molar refractivity (Wildman–Crippen MR) is 298 cm³/mol. The van der Waals surface area contributed by atoms with E-state index in [0.717, 1.165) is 103 Å². The zero-order valence-electron chi connectivity index (χ0n) is 48.5. The van der Waals surface area contributed by atoms with E-state index in [9.17, 15) is 43.2 Å². The van der Waals surface area contributed by atoms with E-state index in [1.165, 1.54) is 77.0 Å². The minimum Gasteiger partial charge on any atom is -0.462 e. The van der Waals surface area contributed by atoms with Crippen LogP contribution in [0.3, 0.4) is 0 Å². The van der Waals surface area contributed by atoms with Crippen molar-refractivity contribution >= 4 is 39.5 Å². The van der Waals surface area contributed by atoms with Crippen LogP contribution in [0.2, 0.25) is 0 Å². The first kappa shape index (κ1) is 74.1. The lowest BCUT2D eigenvalue weighted by atomic mass is 10.0. The largest absolute Gasteiger partial charge is 0.472 e. The van der Waals surface area contributed by atoms with Gasteiger partial charge in [0.1, 0.15) is 19.3 Å². The molecule has 19 heteroatoms. The predicted octanol–water partition coefficient (Wildman–Crippen LogP) is 14.9. The highest BCUT2D eigenvalue weighted by atomic mass is 31.2. The molecule has 0 aromatic carbocycles. The molecule has 0 fully saturated rings. The van der Waals surface area contributed by atoms with E-state index in [1.807, 2.05) is 0 Å². The number of aliphatic hydroxyl groups excluding tert-OH is 1. The number of esters is 4. The van der Waals surface area contributed by atoms with Gasteiger partial charge in [0.25, 0.3) is 0 Å². The fourth-order valence-corrected chi connectivity index (χ4v) is 9.87. The monoisotopic (exact) mass is 1130 g/mol. The molecule has 17 nitrogen and oxygen atoms in total. The molecule has 0 bridgehead atoms. The van der Waals surface area contributed by atoms with Crippen molar-refractivity contribution in [2.24, 2.45) is 11.8 Å². The van der Waals surface area contributed by atoms with Gasteiger partial charge in [-0.2, -0.15) is 0 Å². The molecule has 0 radical (unpaired) electrons. The number of unbranched alkanes of at least 4 members (excludes halogenated alkanes) is 26. The summed E-state index contributed by atoms with van der Waals surface area (Å²) in [5.41, 5.74) is 0. The lowest BCUT2D eigenvalue weighted by Crippen LogP contribution is -2.30. The topological polar surface area (TPSA) is 237 Å². The average molecular weight is 1130 g/mol. The van der Waals surface area contributed by atoms with Gasteiger partial charge in [-0.1, -0.05) is 221 Å². The Bertz CT molecular complexity index is 1510. The van der Waals surface area contributed by atoms with Gasteiger partial charge in [0.2, 0.25) is 0 Å². The van der Waals surface area contributed by atoms with Crippen LogP contribution in [0.4, 0.5) is 0 Å². The number of carbonyl (C=O) groups is 4. The minimum atomic E-state index is -4.93. The lowest BCUT2D eigenvalue weighted by Gasteiger charge is -2.21. The summed E-state index contributed by atoms with van der Waals surface area (Å²) in [4.78, 5) is 71.7. The van der Waals surface area contributed by atoms with Crippen molar-refractivity contribution in [3.8, 4) is 0 Å². The first-order valence-electron chi connectivity index (χ1n) is 30.0. The summed E-state index contributed by atoms with van der Waals surface area (Å²) in [6.45, 7) is 9.23. The van der Waals surface area contributed by atoms with E-state index in [-0.39, 0.29) is 25.7 Å². The molecule has 5 atom stereocenters. The van der Waals surface area contributed by atoms with Crippen LogP contribution in [0.1, 0.15) is 273 Å². The number of rotatable bonds is 56. The molecule has 0 amide bonds. The third kappa shape index (κ3) is 51.5. The Kier molecular flexibility index (Phi) is 48.8. The van der Waals surface area contributed by atoms with Gasteiger partial charge >= 0.3 is 39.5 Å². The molecular formula is C57H110O17P2. The molecule has 0 saturated heterocycles. The Labute approximate surface area is 460 Å². The van der Waals surface area contributed by atoms with Crippen LogP contribution in [0, 0.1) is 11.8 Å². The van der Waals surface area contributed by atoms with Gasteiger partial charge < -0.3 is 33.8 Å². The summed E-state index contributed by atoms with van der Waals surface area (Å²) in [6.07, 6.45) is 29.7. The molecular weight excluding hydrogens is 1020 g/mol. The summed E-state index contributed by atoms with van der Waals surface area (Å²) in [5, 5.41) is 10.5.